The molecule has 0 saturated carbocycles. The quantitative estimate of drug-likeness (QED) is 0.730. The lowest BCUT2D eigenvalue weighted by molar-refractivity contribution is 1.26. The molecule has 1 heterocycles. The van der Waals surface area contributed by atoms with Gasteiger partial charge in [-0.3, -0.25) is 0 Å². The molecule has 0 fully saturated rings. The molecule has 2 aromatic rings. The Hall–Kier alpha value is -1.77. The summed E-state index contributed by atoms with van der Waals surface area (Å²) in [6.45, 7) is 0. The third-order valence-corrected chi connectivity index (χ3v) is 1.88. The topological polar surface area (TPSA) is 40.7 Å². The van der Waals surface area contributed by atoms with E-state index in [1.165, 1.54) is 0 Å². The van der Waals surface area contributed by atoms with Gasteiger partial charge in [-0.1, -0.05) is 30.3 Å². The van der Waals surface area contributed by atoms with Crippen molar-refractivity contribution in [1.82, 2.24) is 9.97 Å². The second-order valence-electron chi connectivity index (χ2n) is 2.75. The van der Waals surface area contributed by atoms with E-state index < -0.39 is 0 Å². The molecule has 3 heteroatoms. The van der Waals surface area contributed by atoms with Crippen LogP contribution in [-0.4, -0.2) is 17.0 Å². The second-order valence-corrected chi connectivity index (χ2v) is 2.75. The molecule has 0 aliphatic rings. The van der Waals surface area contributed by atoms with Gasteiger partial charge in [-0.05, 0) is 0 Å². The Labute approximate surface area is 76.8 Å². The molecule has 0 atom stereocenters. The Morgan fingerprint density at radius 3 is 2.62 bits per heavy atom. The van der Waals surface area contributed by atoms with E-state index in [2.05, 4.69) is 15.3 Å². The van der Waals surface area contributed by atoms with E-state index >= 15 is 0 Å². The third-order valence-electron chi connectivity index (χ3n) is 1.88. The SMILES string of the molecule is CNc1nc(-c2ccccc2)c[nH]1. The van der Waals surface area contributed by atoms with Crippen molar-refractivity contribution < 1.29 is 0 Å². The van der Waals surface area contributed by atoms with Crippen LogP contribution in [0.5, 0.6) is 0 Å². The molecule has 0 aliphatic heterocycles. The molecule has 2 N–H and O–H groups in total. The molecule has 0 bridgehead atoms. The summed E-state index contributed by atoms with van der Waals surface area (Å²) in [5.74, 6) is 0.791. The molecule has 0 amide bonds. The van der Waals surface area contributed by atoms with E-state index in [4.69, 9.17) is 0 Å². The van der Waals surface area contributed by atoms with Crippen molar-refractivity contribution in [3.05, 3.63) is 36.5 Å². The largest absolute Gasteiger partial charge is 0.359 e. The van der Waals surface area contributed by atoms with Crippen molar-refractivity contribution in [3.8, 4) is 11.3 Å². The number of hydrogen-bond donors (Lipinski definition) is 2. The predicted octanol–water partition coefficient (Wildman–Crippen LogP) is 2.12. The van der Waals surface area contributed by atoms with Gasteiger partial charge >= 0.3 is 0 Å². The van der Waals surface area contributed by atoms with Crippen LogP contribution in [0.1, 0.15) is 0 Å². The molecule has 0 saturated heterocycles. The van der Waals surface area contributed by atoms with Crippen molar-refractivity contribution in [2.75, 3.05) is 12.4 Å². The number of aromatic nitrogens is 2. The standard InChI is InChI=1S/C10H11N3/c1-11-10-12-7-9(13-10)8-5-3-2-4-6-8/h2-7H,1H3,(H2,11,12,13). The van der Waals surface area contributed by atoms with Gasteiger partial charge in [0.25, 0.3) is 0 Å². The summed E-state index contributed by atoms with van der Waals surface area (Å²) in [6, 6.07) is 10.1. The van der Waals surface area contributed by atoms with Crippen molar-refractivity contribution in [1.29, 1.82) is 0 Å². The molecule has 0 spiro atoms. The normalized spacial score (nSPS) is 9.92. The van der Waals surface area contributed by atoms with E-state index in [0.29, 0.717) is 0 Å². The Balaban J connectivity index is 2.36. The van der Waals surface area contributed by atoms with Crippen molar-refractivity contribution in [2.45, 2.75) is 0 Å². The lowest BCUT2D eigenvalue weighted by Crippen LogP contribution is -1.88. The van der Waals surface area contributed by atoms with E-state index in [1.54, 1.807) is 0 Å². The van der Waals surface area contributed by atoms with Crippen molar-refractivity contribution in [2.24, 2.45) is 0 Å². The first-order chi connectivity index (χ1) is 6.40. The summed E-state index contributed by atoms with van der Waals surface area (Å²) in [6.07, 6.45) is 1.89. The van der Waals surface area contributed by atoms with Crippen LogP contribution in [-0.2, 0) is 0 Å². The third kappa shape index (κ3) is 1.54. The molecule has 3 nitrogen and oxygen atoms in total. The highest BCUT2D eigenvalue weighted by Gasteiger charge is 2.00. The Kier molecular flexibility index (Phi) is 2.00. The van der Waals surface area contributed by atoms with Gasteiger partial charge in [-0.15, -0.1) is 0 Å². The number of hydrogen-bond acceptors (Lipinski definition) is 2. The smallest absolute Gasteiger partial charge is 0.200 e. The lowest BCUT2D eigenvalue weighted by atomic mass is 10.2. The summed E-state index contributed by atoms with van der Waals surface area (Å²) in [4.78, 5) is 7.36. The van der Waals surface area contributed by atoms with Gasteiger partial charge < -0.3 is 10.3 Å². The molecule has 2 rings (SSSR count). The number of benzene rings is 1. The zero-order valence-corrected chi connectivity index (χ0v) is 7.41. The van der Waals surface area contributed by atoms with Gasteiger partial charge in [-0.2, -0.15) is 0 Å². The fraction of sp³-hybridized carbons (Fsp3) is 0.100. The molecular formula is C10H11N3. The summed E-state index contributed by atoms with van der Waals surface area (Å²) < 4.78 is 0. The van der Waals surface area contributed by atoms with Crippen LogP contribution < -0.4 is 5.32 Å². The molecule has 1 aromatic heterocycles. The first kappa shape index (κ1) is 7.86. The molecule has 13 heavy (non-hydrogen) atoms. The van der Waals surface area contributed by atoms with E-state index in [9.17, 15) is 0 Å². The average molecular weight is 173 g/mol. The van der Waals surface area contributed by atoms with E-state index in [-0.39, 0.29) is 0 Å². The maximum Gasteiger partial charge on any atom is 0.200 e. The summed E-state index contributed by atoms with van der Waals surface area (Å²) in [7, 11) is 1.84. The fourth-order valence-corrected chi connectivity index (χ4v) is 1.21. The first-order valence-electron chi connectivity index (χ1n) is 4.19. The number of nitrogens with zero attached hydrogens (tertiary/aromatic N) is 1. The Morgan fingerprint density at radius 2 is 2.00 bits per heavy atom. The minimum atomic E-state index is 0.791. The Morgan fingerprint density at radius 1 is 1.23 bits per heavy atom. The minimum Gasteiger partial charge on any atom is -0.359 e. The van der Waals surface area contributed by atoms with E-state index in [0.717, 1.165) is 17.2 Å². The predicted molar refractivity (Wildman–Crippen MR) is 53.6 cm³/mol. The van der Waals surface area contributed by atoms with Crippen molar-refractivity contribution >= 4 is 5.95 Å². The first-order valence-corrected chi connectivity index (χ1v) is 4.19. The maximum atomic E-state index is 4.33. The fourth-order valence-electron chi connectivity index (χ4n) is 1.21. The summed E-state index contributed by atoms with van der Waals surface area (Å²) >= 11 is 0. The van der Waals surface area contributed by atoms with Crippen LogP contribution in [0, 0.1) is 0 Å². The summed E-state index contributed by atoms with van der Waals surface area (Å²) in [5, 5.41) is 2.95. The van der Waals surface area contributed by atoms with Crippen molar-refractivity contribution in [3.63, 3.8) is 0 Å². The number of anilines is 1. The Bertz CT molecular complexity index is 378. The number of imidazole rings is 1. The number of H-pyrrole nitrogens is 1. The van der Waals surface area contributed by atoms with Crippen LogP contribution in [0.25, 0.3) is 11.3 Å². The number of nitrogens with one attached hydrogen (secondary N) is 2. The highest BCUT2D eigenvalue weighted by Crippen LogP contribution is 2.17. The van der Waals surface area contributed by atoms with Crippen LogP contribution >= 0.6 is 0 Å². The van der Waals surface area contributed by atoms with Gasteiger partial charge in [-0.25, -0.2) is 4.98 Å². The zero-order valence-electron chi connectivity index (χ0n) is 7.41. The van der Waals surface area contributed by atoms with Crippen LogP contribution in [0.2, 0.25) is 0 Å². The minimum absolute atomic E-state index is 0.791. The highest BCUT2D eigenvalue weighted by molar-refractivity contribution is 5.59. The van der Waals surface area contributed by atoms with Gasteiger partial charge in [0.2, 0.25) is 0 Å². The van der Waals surface area contributed by atoms with Gasteiger partial charge in [0.1, 0.15) is 0 Å². The lowest BCUT2D eigenvalue weighted by Gasteiger charge is -1.93. The summed E-state index contributed by atoms with van der Waals surface area (Å²) in [5.41, 5.74) is 2.09. The van der Waals surface area contributed by atoms with E-state index in [1.807, 2.05) is 43.6 Å². The number of rotatable bonds is 2. The molecule has 1 aromatic carbocycles. The average Bonchev–Trinajstić information content (AvgIpc) is 2.67. The maximum absolute atomic E-state index is 4.33. The van der Waals surface area contributed by atoms with Crippen LogP contribution in [0.4, 0.5) is 5.95 Å². The molecule has 0 radical (unpaired) electrons. The van der Waals surface area contributed by atoms with Gasteiger partial charge in [0.15, 0.2) is 5.95 Å². The highest BCUT2D eigenvalue weighted by atomic mass is 15.1. The molecule has 0 unspecified atom stereocenters. The second kappa shape index (κ2) is 3.31. The number of aromatic amines is 1. The van der Waals surface area contributed by atoms with Crippen LogP contribution in [0.15, 0.2) is 36.5 Å². The monoisotopic (exact) mass is 173 g/mol. The van der Waals surface area contributed by atoms with Crippen LogP contribution in [0.3, 0.4) is 0 Å². The zero-order chi connectivity index (χ0) is 9.10. The van der Waals surface area contributed by atoms with Gasteiger partial charge in [0, 0.05) is 18.8 Å². The molecule has 66 valence electrons. The molecular weight excluding hydrogens is 162 g/mol. The van der Waals surface area contributed by atoms with Gasteiger partial charge in [0.05, 0.1) is 5.69 Å². The molecule has 0 aliphatic carbocycles.